The Kier molecular flexibility index (Phi) is 2.76. The molecular weight excluding hydrogens is 162 g/mol. The topological polar surface area (TPSA) is 33.0 Å². The Morgan fingerprint density at radius 1 is 1.64 bits per heavy atom. The van der Waals surface area contributed by atoms with E-state index in [0.717, 1.165) is 0 Å². The molecule has 0 saturated carbocycles. The minimum absolute atomic E-state index is 0.0511. The summed E-state index contributed by atoms with van der Waals surface area (Å²) in [5.74, 6) is 0.607. The van der Waals surface area contributed by atoms with Gasteiger partial charge in [-0.05, 0) is 18.2 Å². The van der Waals surface area contributed by atoms with Gasteiger partial charge in [-0.2, -0.15) is 5.26 Å². The lowest BCUT2D eigenvalue weighted by molar-refractivity contribution is 0.368. The first-order chi connectivity index (χ1) is 5.33. The predicted octanol–water partition coefficient (Wildman–Crippen LogP) is 2.04. The predicted molar refractivity (Wildman–Crippen MR) is 41.4 cm³/mol. The van der Waals surface area contributed by atoms with Crippen molar-refractivity contribution in [1.29, 1.82) is 5.26 Å². The van der Waals surface area contributed by atoms with E-state index in [1.807, 2.05) is 6.07 Å². The highest BCUT2D eigenvalue weighted by Gasteiger charge is 1.91. The van der Waals surface area contributed by atoms with Crippen LogP contribution in [-0.2, 0) is 0 Å². The molecule has 0 aliphatic carbocycles. The molecule has 0 atom stereocenters. The van der Waals surface area contributed by atoms with E-state index in [2.05, 4.69) is 6.07 Å². The number of hydrogen-bond donors (Lipinski definition) is 0. The van der Waals surface area contributed by atoms with Crippen molar-refractivity contribution in [2.24, 2.45) is 0 Å². The van der Waals surface area contributed by atoms with Crippen molar-refractivity contribution in [3.8, 4) is 11.8 Å². The number of halogens is 1. The molecule has 0 spiro atoms. The maximum Gasteiger partial charge on any atom is 0.174 e. The first kappa shape index (κ1) is 7.90. The Morgan fingerprint density at radius 2 is 2.45 bits per heavy atom. The average molecular weight is 167 g/mol. The van der Waals surface area contributed by atoms with Crippen molar-refractivity contribution < 1.29 is 4.74 Å². The van der Waals surface area contributed by atoms with E-state index in [1.165, 1.54) is 0 Å². The van der Waals surface area contributed by atoms with Gasteiger partial charge in [0.2, 0.25) is 0 Å². The van der Waals surface area contributed by atoms with Crippen molar-refractivity contribution in [2.45, 2.75) is 0 Å². The van der Waals surface area contributed by atoms with Crippen LogP contribution in [0.25, 0.3) is 0 Å². The molecule has 0 aliphatic rings. The molecule has 0 N–H and O–H groups in total. The maximum absolute atomic E-state index is 8.17. The molecule has 0 bridgehead atoms. The van der Waals surface area contributed by atoms with Crippen LogP contribution < -0.4 is 4.74 Å². The molecule has 3 heteroatoms. The minimum Gasteiger partial charge on any atom is -0.479 e. The summed E-state index contributed by atoms with van der Waals surface area (Å²) >= 11 is 5.57. The van der Waals surface area contributed by atoms with Crippen LogP contribution in [0.1, 0.15) is 0 Å². The number of ether oxygens (including phenoxy) is 1. The smallest absolute Gasteiger partial charge is 0.174 e. The Bertz CT molecular complexity index is 262. The van der Waals surface area contributed by atoms with Crippen molar-refractivity contribution in [2.75, 3.05) is 6.61 Å². The highest BCUT2D eigenvalue weighted by atomic mass is 35.5. The summed E-state index contributed by atoms with van der Waals surface area (Å²) in [6.07, 6.45) is 0. The summed E-state index contributed by atoms with van der Waals surface area (Å²) < 4.78 is 4.96. The van der Waals surface area contributed by atoms with Crippen LogP contribution in [0.15, 0.2) is 18.2 Å². The molecule has 0 aliphatic heterocycles. The van der Waals surface area contributed by atoms with Gasteiger partial charge < -0.3 is 4.74 Å². The third-order valence-corrected chi connectivity index (χ3v) is 1.28. The SMILES string of the molecule is N#CCOc1c[c]c(Cl)cc1. The molecule has 0 fully saturated rings. The van der Waals surface area contributed by atoms with Gasteiger partial charge in [-0.3, -0.25) is 0 Å². The number of benzene rings is 1. The highest BCUT2D eigenvalue weighted by molar-refractivity contribution is 6.30. The van der Waals surface area contributed by atoms with Gasteiger partial charge in [-0.25, -0.2) is 0 Å². The Balaban J connectivity index is 2.60. The van der Waals surface area contributed by atoms with Crippen LogP contribution in [0.4, 0.5) is 0 Å². The van der Waals surface area contributed by atoms with Gasteiger partial charge in [-0.1, -0.05) is 11.6 Å². The Morgan fingerprint density at radius 3 is 3.00 bits per heavy atom. The van der Waals surface area contributed by atoms with Gasteiger partial charge in [0.1, 0.15) is 11.8 Å². The number of rotatable bonds is 2. The molecule has 0 saturated heterocycles. The summed E-state index contributed by atoms with van der Waals surface area (Å²) in [7, 11) is 0. The summed E-state index contributed by atoms with van der Waals surface area (Å²) in [5, 5.41) is 8.71. The van der Waals surface area contributed by atoms with Crippen LogP contribution >= 0.6 is 11.6 Å². The van der Waals surface area contributed by atoms with Crippen molar-refractivity contribution >= 4 is 11.6 Å². The van der Waals surface area contributed by atoms with Crippen molar-refractivity contribution in [3.05, 3.63) is 29.3 Å². The summed E-state index contributed by atoms with van der Waals surface area (Å²) in [4.78, 5) is 0. The second-order valence-electron chi connectivity index (χ2n) is 1.82. The molecule has 11 heavy (non-hydrogen) atoms. The van der Waals surface area contributed by atoms with Crippen molar-refractivity contribution in [1.82, 2.24) is 0 Å². The third kappa shape index (κ3) is 2.48. The lowest BCUT2D eigenvalue weighted by atomic mass is 10.3. The fraction of sp³-hybridized carbons (Fsp3) is 0.125. The largest absolute Gasteiger partial charge is 0.479 e. The van der Waals surface area contributed by atoms with Gasteiger partial charge in [-0.15, -0.1) is 0 Å². The van der Waals surface area contributed by atoms with E-state index in [1.54, 1.807) is 18.2 Å². The molecule has 1 radical (unpaired) electrons. The number of nitrogens with zero attached hydrogens (tertiary/aromatic N) is 1. The lowest BCUT2D eigenvalue weighted by Gasteiger charge is -1.98. The van der Waals surface area contributed by atoms with E-state index in [9.17, 15) is 0 Å². The number of nitriles is 1. The van der Waals surface area contributed by atoms with Gasteiger partial charge in [0.05, 0.1) is 0 Å². The zero-order valence-electron chi connectivity index (χ0n) is 5.67. The minimum atomic E-state index is 0.0511. The molecule has 2 nitrogen and oxygen atoms in total. The highest BCUT2D eigenvalue weighted by Crippen LogP contribution is 2.14. The summed E-state index contributed by atoms with van der Waals surface area (Å²) in [6, 6.07) is 9.55. The monoisotopic (exact) mass is 166 g/mol. The lowest BCUT2D eigenvalue weighted by Crippen LogP contribution is -1.92. The van der Waals surface area contributed by atoms with E-state index < -0.39 is 0 Å². The van der Waals surface area contributed by atoms with Crippen LogP contribution in [-0.4, -0.2) is 6.61 Å². The van der Waals surface area contributed by atoms with Crippen molar-refractivity contribution in [3.63, 3.8) is 0 Å². The molecule has 1 rings (SSSR count). The van der Waals surface area contributed by atoms with Crippen LogP contribution in [0.5, 0.6) is 5.75 Å². The molecular formula is C8H5ClNO. The zero-order valence-corrected chi connectivity index (χ0v) is 6.43. The fourth-order valence-corrected chi connectivity index (χ4v) is 0.715. The Labute approximate surface area is 70.0 Å². The summed E-state index contributed by atoms with van der Waals surface area (Å²) in [6.45, 7) is 0.0511. The van der Waals surface area contributed by atoms with Crippen LogP contribution in [0.3, 0.4) is 0 Å². The first-order valence-corrected chi connectivity index (χ1v) is 3.37. The van der Waals surface area contributed by atoms with Gasteiger partial charge >= 0.3 is 0 Å². The van der Waals surface area contributed by atoms with Gasteiger partial charge in [0, 0.05) is 11.1 Å². The molecule has 1 aromatic rings. The second-order valence-corrected chi connectivity index (χ2v) is 2.23. The number of hydrogen-bond acceptors (Lipinski definition) is 2. The van der Waals surface area contributed by atoms with Crippen LogP contribution in [0, 0.1) is 17.4 Å². The molecule has 1 aromatic carbocycles. The molecule has 0 aromatic heterocycles. The molecule has 0 amide bonds. The quantitative estimate of drug-likeness (QED) is 0.674. The van der Waals surface area contributed by atoms with E-state index in [4.69, 9.17) is 21.6 Å². The van der Waals surface area contributed by atoms with E-state index >= 15 is 0 Å². The van der Waals surface area contributed by atoms with Gasteiger partial charge in [0.15, 0.2) is 6.61 Å². The normalized spacial score (nSPS) is 8.73. The van der Waals surface area contributed by atoms with Crippen LogP contribution in [0.2, 0.25) is 5.02 Å². The molecule has 55 valence electrons. The molecule has 0 unspecified atom stereocenters. The van der Waals surface area contributed by atoms with Gasteiger partial charge in [0.25, 0.3) is 0 Å². The first-order valence-electron chi connectivity index (χ1n) is 3.00. The maximum atomic E-state index is 8.17. The fourth-order valence-electron chi connectivity index (χ4n) is 0.597. The zero-order chi connectivity index (χ0) is 8.10. The Hall–Kier alpha value is -1.20. The van der Waals surface area contributed by atoms with E-state index in [-0.39, 0.29) is 6.61 Å². The summed E-state index contributed by atoms with van der Waals surface area (Å²) in [5.41, 5.74) is 0. The average Bonchev–Trinajstić information content (AvgIpc) is 2.04. The third-order valence-electron chi connectivity index (χ3n) is 1.05. The standard InChI is InChI=1S/C8H5ClNO/c9-7-1-3-8(4-2-7)11-6-5-10/h1,3-4H,6H2. The molecule has 0 heterocycles. The second kappa shape index (κ2) is 3.85. The van der Waals surface area contributed by atoms with E-state index in [0.29, 0.717) is 10.8 Å².